The van der Waals surface area contributed by atoms with Crippen LogP contribution in [0.2, 0.25) is 0 Å². The molecule has 2 aliphatic heterocycles. The van der Waals surface area contributed by atoms with E-state index in [1.54, 1.807) is 46.6 Å². The molecule has 3 N–H and O–H groups in total. The molecule has 0 radical (unpaired) electrons. The average molecular weight is 472 g/mol. The molecule has 2 fully saturated rings. The van der Waals surface area contributed by atoms with Gasteiger partial charge in [0.05, 0.1) is 40.5 Å². The lowest BCUT2D eigenvalue weighted by Crippen LogP contribution is -2.50. The number of carbonyl (C=O) groups excluding carboxylic acids is 1. The van der Waals surface area contributed by atoms with Crippen LogP contribution in [-0.4, -0.2) is 59.6 Å². The summed E-state index contributed by atoms with van der Waals surface area (Å²) in [6.07, 6.45) is 1.86. The number of methoxy groups -OCH3 is 4. The monoisotopic (exact) mass is 471 g/mol. The van der Waals surface area contributed by atoms with E-state index in [4.69, 9.17) is 23.7 Å². The molecule has 0 bridgehead atoms. The molecule has 9 nitrogen and oxygen atoms in total. The fourth-order valence-electron chi connectivity index (χ4n) is 4.74. The summed E-state index contributed by atoms with van der Waals surface area (Å²) in [4.78, 5) is 13.4. The van der Waals surface area contributed by atoms with E-state index < -0.39 is 0 Å². The van der Waals surface area contributed by atoms with Crippen LogP contribution >= 0.6 is 0 Å². The molecule has 2 aromatic rings. The molecule has 2 aliphatic rings. The van der Waals surface area contributed by atoms with Gasteiger partial charge in [0, 0.05) is 30.9 Å². The number of nitrogens with one attached hydrogen (secondary N) is 3. The fourth-order valence-corrected chi connectivity index (χ4v) is 4.74. The van der Waals surface area contributed by atoms with Crippen molar-refractivity contribution < 1.29 is 28.5 Å². The predicted octanol–water partition coefficient (Wildman–Crippen LogP) is 2.46. The molecule has 0 aromatic heterocycles. The number of hydrogen-bond acceptors (Lipinski definition) is 8. The summed E-state index contributed by atoms with van der Waals surface area (Å²) >= 11 is 0. The van der Waals surface area contributed by atoms with Crippen molar-refractivity contribution in [2.24, 2.45) is 5.92 Å². The lowest BCUT2D eigenvalue weighted by molar-refractivity contribution is 0.0514. The molecule has 3 unspecified atom stereocenters. The van der Waals surface area contributed by atoms with E-state index in [9.17, 15) is 4.79 Å². The second-order valence-corrected chi connectivity index (χ2v) is 8.46. The second-order valence-electron chi connectivity index (χ2n) is 8.46. The third-order valence-electron chi connectivity index (χ3n) is 6.60. The smallest absolute Gasteiger partial charge is 0.251 e. The Morgan fingerprint density at radius 3 is 2.18 bits per heavy atom. The Hall–Kier alpha value is -3.01. The number of rotatable bonds is 8. The third kappa shape index (κ3) is 5.06. The van der Waals surface area contributed by atoms with E-state index >= 15 is 0 Å². The molecule has 2 saturated heterocycles. The van der Waals surface area contributed by atoms with Crippen LogP contribution in [0.15, 0.2) is 36.4 Å². The van der Waals surface area contributed by atoms with Gasteiger partial charge in [-0.3, -0.25) is 10.2 Å². The first-order chi connectivity index (χ1) is 16.6. The molecule has 0 spiro atoms. The first kappa shape index (κ1) is 24.1. The largest absolute Gasteiger partial charge is 0.497 e. The maximum Gasteiger partial charge on any atom is 0.251 e. The topological polar surface area (TPSA) is 99.3 Å². The van der Waals surface area contributed by atoms with E-state index in [0.29, 0.717) is 34.5 Å². The van der Waals surface area contributed by atoms with Crippen molar-refractivity contribution in [2.75, 3.05) is 41.7 Å². The predicted molar refractivity (Wildman–Crippen MR) is 127 cm³/mol. The zero-order chi connectivity index (χ0) is 24.1. The summed E-state index contributed by atoms with van der Waals surface area (Å²) in [5, 5.41) is 3.27. The highest BCUT2D eigenvalue weighted by atomic mass is 16.5. The fraction of sp³-hybridized carbons (Fsp3) is 0.480. The summed E-state index contributed by atoms with van der Waals surface area (Å²) in [6, 6.07) is 10.6. The van der Waals surface area contributed by atoms with Crippen LogP contribution in [0.5, 0.6) is 23.0 Å². The molecule has 2 heterocycles. The summed E-state index contributed by atoms with van der Waals surface area (Å²) in [5.74, 6) is 2.57. The second kappa shape index (κ2) is 10.9. The van der Waals surface area contributed by atoms with Crippen molar-refractivity contribution >= 4 is 5.91 Å². The summed E-state index contributed by atoms with van der Waals surface area (Å²) < 4.78 is 27.2. The molecule has 184 valence electrons. The molecule has 0 aliphatic carbocycles. The third-order valence-corrected chi connectivity index (χ3v) is 6.60. The summed E-state index contributed by atoms with van der Waals surface area (Å²) in [5.41, 5.74) is 8.31. The van der Waals surface area contributed by atoms with Gasteiger partial charge in [0.2, 0.25) is 0 Å². The molecule has 4 rings (SSSR count). The van der Waals surface area contributed by atoms with Crippen molar-refractivity contribution in [1.29, 1.82) is 0 Å². The standard InChI is InChI=1S/C25H33N3O6/c1-30-18-11-17(12-19(14-18)31-2)25(29)26-24-22(15-7-9-34-10-8-15)27-28-23(24)16-5-6-20(32-3)21(13-16)33-4/h5-6,11-15,22-24,27-28H,7-10H2,1-4H3,(H,26,29). The Labute approximate surface area is 200 Å². The minimum Gasteiger partial charge on any atom is -0.497 e. The quantitative estimate of drug-likeness (QED) is 0.540. The first-order valence-corrected chi connectivity index (χ1v) is 11.4. The minimum atomic E-state index is -0.217. The van der Waals surface area contributed by atoms with Crippen LogP contribution in [-0.2, 0) is 4.74 Å². The SMILES string of the molecule is COc1cc(OC)cc(C(=O)NC2C(c3ccc(OC)c(OC)c3)NNC2C2CCOCC2)c1. The highest BCUT2D eigenvalue weighted by molar-refractivity contribution is 5.95. The molecule has 34 heavy (non-hydrogen) atoms. The zero-order valence-electron chi connectivity index (χ0n) is 20.1. The Kier molecular flexibility index (Phi) is 7.77. The zero-order valence-corrected chi connectivity index (χ0v) is 20.1. The van der Waals surface area contributed by atoms with Gasteiger partial charge in [0.15, 0.2) is 11.5 Å². The van der Waals surface area contributed by atoms with E-state index in [1.807, 2.05) is 18.2 Å². The van der Waals surface area contributed by atoms with E-state index in [0.717, 1.165) is 31.6 Å². The van der Waals surface area contributed by atoms with Gasteiger partial charge in [-0.15, -0.1) is 0 Å². The number of ether oxygens (including phenoxy) is 5. The Morgan fingerprint density at radius 1 is 0.882 bits per heavy atom. The number of amides is 1. The maximum atomic E-state index is 13.4. The number of benzene rings is 2. The van der Waals surface area contributed by atoms with Gasteiger partial charge >= 0.3 is 0 Å². The van der Waals surface area contributed by atoms with E-state index in [-0.39, 0.29) is 24.0 Å². The Morgan fingerprint density at radius 2 is 1.56 bits per heavy atom. The van der Waals surface area contributed by atoms with Crippen molar-refractivity contribution in [1.82, 2.24) is 16.2 Å². The molecule has 2 aromatic carbocycles. The number of hydrazine groups is 1. The highest BCUT2D eigenvalue weighted by Gasteiger charge is 2.42. The average Bonchev–Trinajstić information content (AvgIpc) is 3.31. The Bertz CT molecular complexity index is 972. The normalized spacial score (nSPS) is 22.8. The first-order valence-electron chi connectivity index (χ1n) is 11.4. The van der Waals surface area contributed by atoms with Crippen molar-refractivity contribution in [3.05, 3.63) is 47.5 Å². The van der Waals surface area contributed by atoms with Gasteiger partial charge in [-0.2, -0.15) is 0 Å². The molecule has 9 heteroatoms. The van der Waals surface area contributed by atoms with Crippen LogP contribution in [0.4, 0.5) is 0 Å². The van der Waals surface area contributed by atoms with Gasteiger partial charge < -0.3 is 29.0 Å². The van der Waals surface area contributed by atoms with Crippen LogP contribution in [0.1, 0.15) is 34.8 Å². The molecule has 3 atom stereocenters. The van der Waals surface area contributed by atoms with Gasteiger partial charge in [0.1, 0.15) is 11.5 Å². The number of carbonyl (C=O) groups is 1. The van der Waals surface area contributed by atoms with Crippen LogP contribution in [0, 0.1) is 5.92 Å². The van der Waals surface area contributed by atoms with Gasteiger partial charge in [-0.1, -0.05) is 6.07 Å². The van der Waals surface area contributed by atoms with Crippen molar-refractivity contribution in [2.45, 2.75) is 31.0 Å². The molecular formula is C25H33N3O6. The van der Waals surface area contributed by atoms with E-state index in [2.05, 4.69) is 16.2 Å². The molecule has 0 saturated carbocycles. The van der Waals surface area contributed by atoms with Crippen molar-refractivity contribution in [3.63, 3.8) is 0 Å². The van der Waals surface area contributed by atoms with Crippen LogP contribution in [0.3, 0.4) is 0 Å². The van der Waals surface area contributed by atoms with Crippen LogP contribution < -0.4 is 35.1 Å². The molecular weight excluding hydrogens is 438 g/mol. The van der Waals surface area contributed by atoms with Crippen LogP contribution in [0.25, 0.3) is 0 Å². The number of hydrogen-bond donors (Lipinski definition) is 3. The lowest BCUT2D eigenvalue weighted by atomic mass is 9.84. The summed E-state index contributed by atoms with van der Waals surface area (Å²) in [7, 11) is 6.35. The Balaban J connectivity index is 1.64. The summed E-state index contributed by atoms with van der Waals surface area (Å²) in [6.45, 7) is 1.44. The van der Waals surface area contributed by atoms with E-state index in [1.165, 1.54) is 0 Å². The van der Waals surface area contributed by atoms with Gasteiger partial charge in [-0.25, -0.2) is 5.43 Å². The van der Waals surface area contributed by atoms with Crippen molar-refractivity contribution in [3.8, 4) is 23.0 Å². The van der Waals surface area contributed by atoms with Gasteiger partial charge in [0.25, 0.3) is 5.91 Å². The highest BCUT2D eigenvalue weighted by Crippen LogP contribution is 2.35. The van der Waals surface area contributed by atoms with Gasteiger partial charge in [-0.05, 0) is 48.6 Å². The molecule has 1 amide bonds. The minimum absolute atomic E-state index is 0.0263. The lowest BCUT2D eigenvalue weighted by Gasteiger charge is -2.32. The maximum absolute atomic E-state index is 13.4.